The monoisotopic (exact) mass is 445 g/mol. The van der Waals surface area contributed by atoms with E-state index in [2.05, 4.69) is 10.3 Å². The molecule has 6 nitrogen and oxygen atoms in total. The molecule has 1 N–H and O–H groups in total. The molecule has 0 spiro atoms. The third-order valence-electron chi connectivity index (χ3n) is 4.98. The summed E-state index contributed by atoms with van der Waals surface area (Å²) < 4.78 is 18.9. The predicted octanol–water partition coefficient (Wildman–Crippen LogP) is 4.51. The number of anilines is 1. The maximum Gasteiger partial charge on any atom is 0.263 e. The van der Waals surface area contributed by atoms with Crippen molar-refractivity contribution in [3.8, 4) is 17.0 Å². The standard InChI is InChI=1S/C21H20FN3O3S2/c1-28-17-7-6-14(22)10-15(17)16-12-30-21(23-16)24-19(26)13-4-2-8-25(11-13)20(27)18-5-3-9-29-18/h3,5-7,9-10,12-13H,2,4,8,11H2,1H3,(H,23,24,26). The number of aromatic nitrogens is 1. The quantitative estimate of drug-likeness (QED) is 0.627. The van der Waals surface area contributed by atoms with Crippen molar-refractivity contribution in [1.82, 2.24) is 9.88 Å². The zero-order valence-electron chi connectivity index (χ0n) is 16.3. The molecule has 0 aliphatic carbocycles. The molecule has 1 aliphatic heterocycles. The van der Waals surface area contributed by atoms with E-state index in [0.29, 0.717) is 40.1 Å². The zero-order valence-corrected chi connectivity index (χ0v) is 17.9. The van der Waals surface area contributed by atoms with Crippen molar-refractivity contribution in [3.63, 3.8) is 0 Å². The lowest BCUT2D eigenvalue weighted by Crippen LogP contribution is -2.43. The van der Waals surface area contributed by atoms with E-state index in [1.54, 1.807) is 22.4 Å². The highest BCUT2D eigenvalue weighted by atomic mass is 32.1. The summed E-state index contributed by atoms with van der Waals surface area (Å²) in [5.74, 6) is -0.363. The number of carbonyl (C=O) groups is 2. The van der Waals surface area contributed by atoms with Gasteiger partial charge in [-0.2, -0.15) is 0 Å². The number of carbonyl (C=O) groups excluding carboxylic acids is 2. The van der Waals surface area contributed by atoms with Gasteiger partial charge in [0.05, 0.1) is 23.6 Å². The highest BCUT2D eigenvalue weighted by Crippen LogP contribution is 2.33. The van der Waals surface area contributed by atoms with Gasteiger partial charge in [-0.15, -0.1) is 22.7 Å². The van der Waals surface area contributed by atoms with Crippen molar-refractivity contribution >= 4 is 39.6 Å². The Morgan fingerprint density at radius 1 is 1.30 bits per heavy atom. The van der Waals surface area contributed by atoms with Gasteiger partial charge in [0.1, 0.15) is 11.6 Å². The summed E-state index contributed by atoms with van der Waals surface area (Å²) in [5, 5.41) is 6.90. The molecule has 2 amide bonds. The molecule has 0 saturated carbocycles. The Hall–Kier alpha value is -2.78. The van der Waals surface area contributed by atoms with Crippen molar-refractivity contribution in [2.45, 2.75) is 12.8 Å². The number of halogens is 1. The van der Waals surface area contributed by atoms with Crippen LogP contribution in [0.4, 0.5) is 9.52 Å². The van der Waals surface area contributed by atoms with Crippen LogP contribution in [0.1, 0.15) is 22.5 Å². The molecule has 0 radical (unpaired) electrons. The third kappa shape index (κ3) is 4.36. The van der Waals surface area contributed by atoms with E-state index in [1.807, 2.05) is 11.4 Å². The molecule has 2 aromatic heterocycles. The molecule has 3 heterocycles. The second-order valence-corrected chi connectivity index (χ2v) is 8.75. The first-order valence-electron chi connectivity index (χ1n) is 9.48. The van der Waals surface area contributed by atoms with Crippen LogP contribution in [0, 0.1) is 11.7 Å². The number of thiazole rings is 1. The molecular formula is C21H20FN3O3S2. The molecule has 1 unspecified atom stereocenters. The maximum absolute atomic E-state index is 13.7. The van der Waals surface area contributed by atoms with Gasteiger partial charge in [-0.05, 0) is 42.5 Å². The van der Waals surface area contributed by atoms with E-state index < -0.39 is 0 Å². The Morgan fingerprint density at radius 2 is 2.17 bits per heavy atom. The summed E-state index contributed by atoms with van der Waals surface area (Å²) in [5.41, 5.74) is 1.06. The minimum absolute atomic E-state index is 0.0303. The molecule has 1 fully saturated rings. The van der Waals surface area contributed by atoms with Gasteiger partial charge in [0.25, 0.3) is 5.91 Å². The Labute approximate surface area is 181 Å². The highest BCUT2D eigenvalue weighted by molar-refractivity contribution is 7.14. The number of piperidine rings is 1. The molecule has 30 heavy (non-hydrogen) atoms. The van der Waals surface area contributed by atoms with E-state index >= 15 is 0 Å². The third-order valence-corrected chi connectivity index (χ3v) is 6.60. The average molecular weight is 446 g/mol. The minimum atomic E-state index is -0.387. The fourth-order valence-corrected chi connectivity index (χ4v) is 4.88. The summed E-state index contributed by atoms with van der Waals surface area (Å²) >= 11 is 2.67. The summed E-state index contributed by atoms with van der Waals surface area (Å²) in [4.78, 5) is 32.2. The molecule has 1 aromatic carbocycles. The molecule has 3 aromatic rings. The van der Waals surface area contributed by atoms with Crippen LogP contribution in [0.5, 0.6) is 5.75 Å². The van der Waals surface area contributed by atoms with Crippen molar-refractivity contribution in [1.29, 1.82) is 0 Å². The Kier molecular flexibility index (Phi) is 6.10. The number of hydrogen-bond acceptors (Lipinski definition) is 6. The molecule has 1 saturated heterocycles. The van der Waals surface area contributed by atoms with Crippen molar-refractivity contribution in [2.24, 2.45) is 5.92 Å². The van der Waals surface area contributed by atoms with Crippen molar-refractivity contribution in [3.05, 3.63) is 51.8 Å². The van der Waals surface area contributed by atoms with Crippen LogP contribution in [-0.4, -0.2) is 41.9 Å². The molecule has 0 bridgehead atoms. The lowest BCUT2D eigenvalue weighted by atomic mass is 9.97. The molecule has 9 heteroatoms. The largest absolute Gasteiger partial charge is 0.496 e. The van der Waals surface area contributed by atoms with Crippen LogP contribution in [-0.2, 0) is 4.79 Å². The van der Waals surface area contributed by atoms with E-state index in [1.165, 1.54) is 41.9 Å². The second kappa shape index (κ2) is 8.93. The van der Waals surface area contributed by atoms with Crippen LogP contribution in [0.15, 0.2) is 41.1 Å². The number of nitrogens with one attached hydrogen (secondary N) is 1. The topological polar surface area (TPSA) is 71.5 Å². The Bertz CT molecular complexity index is 1050. The normalized spacial score (nSPS) is 16.3. The van der Waals surface area contributed by atoms with Gasteiger partial charge in [0.2, 0.25) is 5.91 Å². The first kappa shape index (κ1) is 20.5. The van der Waals surface area contributed by atoms with Gasteiger partial charge in [-0.3, -0.25) is 9.59 Å². The van der Waals surface area contributed by atoms with Gasteiger partial charge in [-0.25, -0.2) is 9.37 Å². The molecule has 156 valence electrons. The number of amides is 2. The van der Waals surface area contributed by atoms with Crippen molar-refractivity contribution in [2.75, 3.05) is 25.5 Å². The van der Waals surface area contributed by atoms with Crippen LogP contribution in [0.3, 0.4) is 0 Å². The van der Waals surface area contributed by atoms with Crippen LogP contribution in [0.25, 0.3) is 11.3 Å². The highest BCUT2D eigenvalue weighted by Gasteiger charge is 2.29. The summed E-state index contributed by atoms with van der Waals surface area (Å²) in [6.45, 7) is 1.04. The Morgan fingerprint density at radius 3 is 2.93 bits per heavy atom. The van der Waals surface area contributed by atoms with Gasteiger partial charge in [0, 0.05) is 24.0 Å². The Balaban J connectivity index is 1.43. The lowest BCUT2D eigenvalue weighted by Gasteiger charge is -2.31. The minimum Gasteiger partial charge on any atom is -0.496 e. The smallest absolute Gasteiger partial charge is 0.263 e. The van der Waals surface area contributed by atoms with E-state index in [0.717, 1.165) is 12.8 Å². The first-order chi connectivity index (χ1) is 14.5. The molecular weight excluding hydrogens is 425 g/mol. The van der Waals surface area contributed by atoms with Crippen LogP contribution >= 0.6 is 22.7 Å². The maximum atomic E-state index is 13.7. The van der Waals surface area contributed by atoms with E-state index in [-0.39, 0.29) is 23.5 Å². The van der Waals surface area contributed by atoms with Gasteiger partial charge in [-0.1, -0.05) is 6.07 Å². The van der Waals surface area contributed by atoms with Crippen LogP contribution < -0.4 is 10.1 Å². The average Bonchev–Trinajstić information content (AvgIpc) is 3.46. The molecule has 1 aliphatic rings. The fourth-order valence-electron chi connectivity index (χ4n) is 3.47. The second-order valence-electron chi connectivity index (χ2n) is 6.94. The number of thiophene rings is 1. The predicted molar refractivity (Wildman–Crippen MR) is 116 cm³/mol. The fraction of sp³-hybridized carbons (Fsp3) is 0.286. The summed E-state index contributed by atoms with van der Waals surface area (Å²) in [6, 6.07) is 7.87. The van der Waals surface area contributed by atoms with Crippen molar-refractivity contribution < 1.29 is 18.7 Å². The molecule has 4 rings (SSSR count). The van der Waals surface area contributed by atoms with Gasteiger partial charge < -0.3 is 15.0 Å². The van der Waals surface area contributed by atoms with E-state index in [9.17, 15) is 14.0 Å². The zero-order chi connectivity index (χ0) is 21.1. The summed E-state index contributed by atoms with van der Waals surface area (Å²) in [7, 11) is 1.51. The van der Waals surface area contributed by atoms with Crippen LogP contribution in [0.2, 0.25) is 0 Å². The SMILES string of the molecule is COc1ccc(F)cc1-c1csc(NC(=O)C2CCCN(C(=O)c3cccs3)C2)n1. The number of methoxy groups -OCH3 is 1. The van der Waals surface area contributed by atoms with Gasteiger partial charge >= 0.3 is 0 Å². The van der Waals surface area contributed by atoms with Gasteiger partial charge in [0.15, 0.2) is 5.13 Å². The lowest BCUT2D eigenvalue weighted by molar-refractivity contribution is -0.121. The number of rotatable bonds is 5. The first-order valence-corrected chi connectivity index (χ1v) is 11.2. The number of hydrogen-bond donors (Lipinski definition) is 1. The van der Waals surface area contributed by atoms with E-state index in [4.69, 9.17) is 4.74 Å². The molecule has 1 atom stereocenters. The number of ether oxygens (including phenoxy) is 1. The number of likely N-dealkylation sites (tertiary alicyclic amines) is 1. The summed E-state index contributed by atoms with van der Waals surface area (Å²) in [6.07, 6.45) is 1.49. The number of benzene rings is 1. The number of nitrogens with zero attached hydrogens (tertiary/aromatic N) is 2.